The molecule has 0 spiro atoms. The maximum absolute atomic E-state index is 11.3. The molecule has 4 nitrogen and oxygen atoms in total. The van der Waals surface area contributed by atoms with Crippen molar-refractivity contribution in [1.29, 1.82) is 0 Å². The Morgan fingerprint density at radius 3 is 2.71 bits per heavy atom. The maximum Gasteiger partial charge on any atom is 0.306 e. The van der Waals surface area contributed by atoms with Gasteiger partial charge in [0.1, 0.15) is 5.60 Å². The lowest BCUT2D eigenvalue weighted by atomic mass is 9.95. The van der Waals surface area contributed by atoms with Crippen LogP contribution in [-0.4, -0.2) is 23.6 Å². The van der Waals surface area contributed by atoms with E-state index in [9.17, 15) is 9.59 Å². The van der Waals surface area contributed by atoms with Crippen molar-refractivity contribution in [1.82, 2.24) is 0 Å². The minimum atomic E-state index is -0.307. The zero-order chi connectivity index (χ0) is 12.9. The van der Waals surface area contributed by atoms with Gasteiger partial charge >= 0.3 is 11.9 Å². The van der Waals surface area contributed by atoms with Crippen molar-refractivity contribution < 1.29 is 19.1 Å². The van der Waals surface area contributed by atoms with Crippen LogP contribution in [0.5, 0.6) is 0 Å². The van der Waals surface area contributed by atoms with E-state index in [0.717, 1.165) is 25.7 Å². The number of cyclic esters (lactones) is 1. The quantitative estimate of drug-likeness (QED) is 0.530. The highest BCUT2D eigenvalue weighted by Crippen LogP contribution is 2.31. The van der Waals surface area contributed by atoms with E-state index < -0.39 is 0 Å². The van der Waals surface area contributed by atoms with Crippen LogP contribution >= 0.6 is 0 Å². The fourth-order valence-corrected chi connectivity index (χ4v) is 2.01. The van der Waals surface area contributed by atoms with E-state index >= 15 is 0 Å². The highest BCUT2D eigenvalue weighted by atomic mass is 16.6. The number of rotatable bonds is 6. The van der Waals surface area contributed by atoms with Gasteiger partial charge in [0.2, 0.25) is 0 Å². The molecule has 0 aromatic rings. The third-order valence-electron chi connectivity index (χ3n) is 2.92. The molecule has 0 aromatic heterocycles. The van der Waals surface area contributed by atoms with E-state index in [0.29, 0.717) is 12.8 Å². The standard InChI is InChI=1S/C13H22O4/c1-10(2)16-11(14)6-4-5-8-13(3)9-7-12(15)17-13/h10H,4-9H2,1-3H3/t13-/m1/s1. The fourth-order valence-electron chi connectivity index (χ4n) is 2.01. The van der Waals surface area contributed by atoms with Crippen molar-refractivity contribution in [2.45, 2.75) is 71.0 Å². The maximum atomic E-state index is 11.3. The third kappa shape index (κ3) is 5.20. The number of hydrogen-bond acceptors (Lipinski definition) is 4. The minimum Gasteiger partial charge on any atom is -0.463 e. The third-order valence-corrected chi connectivity index (χ3v) is 2.92. The van der Waals surface area contributed by atoms with Gasteiger partial charge in [-0.2, -0.15) is 0 Å². The average Bonchev–Trinajstić information content (AvgIpc) is 2.53. The number of esters is 2. The molecule has 1 fully saturated rings. The smallest absolute Gasteiger partial charge is 0.306 e. The largest absolute Gasteiger partial charge is 0.463 e. The Morgan fingerprint density at radius 1 is 1.47 bits per heavy atom. The van der Waals surface area contributed by atoms with Gasteiger partial charge in [0.05, 0.1) is 6.10 Å². The van der Waals surface area contributed by atoms with Crippen LogP contribution in [0.4, 0.5) is 0 Å². The summed E-state index contributed by atoms with van der Waals surface area (Å²) in [7, 11) is 0. The van der Waals surface area contributed by atoms with Crippen molar-refractivity contribution in [2.75, 3.05) is 0 Å². The van der Waals surface area contributed by atoms with Crippen LogP contribution in [0.15, 0.2) is 0 Å². The van der Waals surface area contributed by atoms with Crippen molar-refractivity contribution >= 4 is 11.9 Å². The van der Waals surface area contributed by atoms with Crippen LogP contribution in [0.3, 0.4) is 0 Å². The molecule has 1 rings (SSSR count). The molecule has 0 N–H and O–H groups in total. The van der Waals surface area contributed by atoms with E-state index in [1.54, 1.807) is 0 Å². The first-order valence-electron chi connectivity index (χ1n) is 6.33. The van der Waals surface area contributed by atoms with Gasteiger partial charge in [-0.25, -0.2) is 0 Å². The summed E-state index contributed by atoms with van der Waals surface area (Å²) < 4.78 is 10.3. The zero-order valence-electron chi connectivity index (χ0n) is 11.0. The predicted octanol–water partition coefficient (Wildman–Crippen LogP) is 2.59. The van der Waals surface area contributed by atoms with E-state index in [4.69, 9.17) is 9.47 Å². The van der Waals surface area contributed by atoms with Gasteiger partial charge in [0, 0.05) is 12.8 Å². The van der Waals surface area contributed by atoms with Crippen LogP contribution in [0.1, 0.15) is 59.3 Å². The average molecular weight is 242 g/mol. The normalized spacial score (nSPS) is 23.9. The van der Waals surface area contributed by atoms with Crippen molar-refractivity contribution in [3.8, 4) is 0 Å². The summed E-state index contributed by atoms with van der Waals surface area (Å²) in [6.45, 7) is 5.65. The molecule has 0 saturated carbocycles. The predicted molar refractivity (Wildman–Crippen MR) is 63.4 cm³/mol. The number of ether oxygens (including phenoxy) is 2. The summed E-state index contributed by atoms with van der Waals surface area (Å²) in [5, 5.41) is 0. The Bertz CT molecular complexity index is 285. The molecule has 1 aliphatic heterocycles. The molecule has 1 saturated heterocycles. The van der Waals surface area contributed by atoms with Gasteiger partial charge < -0.3 is 9.47 Å². The van der Waals surface area contributed by atoms with E-state index in [2.05, 4.69) is 0 Å². The molecule has 0 aliphatic carbocycles. The van der Waals surface area contributed by atoms with Gasteiger partial charge in [-0.05, 0) is 46.5 Å². The molecule has 0 radical (unpaired) electrons. The van der Waals surface area contributed by atoms with Crippen LogP contribution in [0.25, 0.3) is 0 Å². The second-order valence-electron chi connectivity index (χ2n) is 5.17. The molecule has 1 aliphatic rings. The lowest BCUT2D eigenvalue weighted by Crippen LogP contribution is -2.23. The first kappa shape index (κ1) is 14.0. The van der Waals surface area contributed by atoms with Crippen molar-refractivity contribution in [3.05, 3.63) is 0 Å². The zero-order valence-corrected chi connectivity index (χ0v) is 11.0. The fraction of sp³-hybridized carbons (Fsp3) is 0.846. The summed E-state index contributed by atoms with van der Waals surface area (Å²) >= 11 is 0. The summed E-state index contributed by atoms with van der Waals surface area (Å²) in [6, 6.07) is 0. The van der Waals surface area contributed by atoms with E-state index in [1.165, 1.54) is 0 Å². The van der Waals surface area contributed by atoms with Gasteiger partial charge in [-0.3, -0.25) is 9.59 Å². The lowest BCUT2D eigenvalue weighted by molar-refractivity contribution is -0.149. The number of unbranched alkanes of at least 4 members (excludes halogenated alkanes) is 1. The molecule has 1 atom stereocenters. The first-order chi connectivity index (χ1) is 7.91. The summed E-state index contributed by atoms with van der Waals surface area (Å²) in [5.41, 5.74) is -0.307. The lowest BCUT2D eigenvalue weighted by Gasteiger charge is -2.22. The Kier molecular flexibility index (Phi) is 4.97. The van der Waals surface area contributed by atoms with E-state index in [-0.39, 0.29) is 23.6 Å². The van der Waals surface area contributed by atoms with Crippen LogP contribution in [0, 0.1) is 0 Å². The molecule has 0 unspecified atom stereocenters. The highest BCUT2D eigenvalue weighted by Gasteiger charge is 2.34. The Morgan fingerprint density at radius 2 is 2.18 bits per heavy atom. The van der Waals surface area contributed by atoms with E-state index in [1.807, 2.05) is 20.8 Å². The Balaban J connectivity index is 2.12. The summed E-state index contributed by atoms with van der Waals surface area (Å²) in [4.78, 5) is 22.3. The first-order valence-corrected chi connectivity index (χ1v) is 6.33. The number of hydrogen-bond donors (Lipinski definition) is 0. The molecule has 0 amide bonds. The second-order valence-corrected chi connectivity index (χ2v) is 5.17. The van der Waals surface area contributed by atoms with Gasteiger partial charge in [-0.15, -0.1) is 0 Å². The molecule has 1 heterocycles. The van der Waals surface area contributed by atoms with Crippen LogP contribution in [-0.2, 0) is 19.1 Å². The molecular weight excluding hydrogens is 220 g/mol. The highest BCUT2D eigenvalue weighted by molar-refractivity contribution is 5.72. The number of carbonyl (C=O) groups is 2. The van der Waals surface area contributed by atoms with Crippen molar-refractivity contribution in [3.63, 3.8) is 0 Å². The van der Waals surface area contributed by atoms with Crippen LogP contribution < -0.4 is 0 Å². The topological polar surface area (TPSA) is 52.6 Å². The van der Waals surface area contributed by atoms with Gasteiger partial charge in [0.25, 0.3) is 0 Å². The molecule has 0 aromatic carbocycles. The molecule has 4 heteroatoms. The van der Waals surface area contributed by atoms with Crippen molar-refractivity contribution in [2.24, 2.45) is 0 Å². The Labute approximate surface area is 103 Å². The number of carbonyl (C=O) groups excluding carboxylic acids is 2. The summed E-state index contributed by atoms with van der Waals surface area (Å²) in [6.07, 6.45) is 4.22. The molecule has 0 bridgehead atoms. The Hall–Kier alpha value is -1.06. The SMILES string of the molecule is CC(C)OC(=O)CCCC[C@]1(C)CCC(=O)O1. The van der Waals surface area contributed by atoms with Gasteiger partial charge in [-0.1, -0.05) is 0 Å². The minimum absolute atomic E-state index is 0.0456. The monoisotopic (exact) mass is 242 g/mol. The van der Waals surface area contributed by atoms with Gasteiger partial charge in [0.15, 0.2) is 0 Å². The molecule has 17 heavy (non-hydrogen) atoms. The molecule has 98 valence electrons. The molecular formula is C13H22O4. The summed E-state index contributed by atoms with van der Waals surface area (Å²) in [5.74, 6) is -0.250. The second kappa shape index (κ2) is 6.03. The van der Waals surface area contributed by atoms with Crippen LogP contribution in [0.2, 0.25) is 0 Å².